The van der Waals surface area contributed by atoms with Gasteiger partial charge in [0, 0.05) is 16.7 Å². The van der Waals surface area contributed by atoms with Gasteiger partial charge in [-0.2, -0.15) is 0 Å². The van der Waals surface area contributed by atoms with E-state index in [-0.39, 0.29) is 22.5 Å². The van der Waals surface area contributed by atoms with Gasteiger partial charge in [-0.25, -0.2) is 0 Å². The molecule has 3 aromatic rings. The number of hydrogen-bond donors (Lipinski definition) is 2. The van der Waals surface area contributed by atoms with Crippen molar-refractivity contribution >= 4 is 52.3 Å². The summed E-state index contributed by atoms with van der Waals surface area (Å²) in [5, 5.41) is 16.9. The van der Waals surface area contributed by atoms with Crippen LogP contribution >= 0.6 is 11.6 Å². The first-order valence-corrected chi connectivity index (χ1v) is 10.2. The summed E-state index contributed by atoms with van der Waals surface area (Å²) in [7, 11) is 0. The standard InChI is InChI=1S/C23H15ClN4O6/c24-14-10-8-13(9-11-14)21(30)26-17-6-2-1-5-16(17)25-19(29)12-27-22(31)15-4-3-7-18(28(33)34)20(15)23(27)32/h1-11H,12H2,(H,25,29)(H,26,30). The van der Waals surface area contributed by atoms with Crippen LogP contribution in [0, 0.1) is 10.1 Å². The highest BCUT2D eigenvalue weighted by Crippen LogP contribution is 2.31. The number of nitro groups is 1. The Bertz CT molecular complexity index is 1360. The van der Waals surface area contributed by atoms with Crippen molar-refractivity contribution < 1.29 is 24.1 Å². The van der Waals surface area contributed by atoms with Gasteiger partial charge in [-0.05, 0) is 42.5 Å². The number of nitro benzene ring substituents is 1. The number of hydrogen-bond acceptors (Lipinski definition) is 6. The van der Waals surface area contributed by atoms with Gasteiger partial charge in [0.05, 0.1) is 21.9 Å². The van der Waals surface area contributed by atoms with Crippen molar-refractivity contribution in [3.63, 3.8) is 0 Å². The Labute approximate surface area is 197 Å². The Morgan fingerprint density at radius 3 is 2.18 bits per heavy atom. The lowest BCUT2D eigenvalue weighted by Gasteiger charge is -2.16. The molecule has 4 rings (SSSR count). The van der Waals surface area contributed by atoms with Crippen LogP contribution in [0.5, 0.6) is 0 Å². The minimum Gasteiger partial charge on any atom is -0.323 e. The lowest BCUT2D eigenvalue weighted by Crippen LogP contribution is -2.37. The first-order valence-electron chi connectivity index (χ1n) is 9.85. The number of para-hydroxylation sites is 2. The fourth-order valence-corrected chi connectivity index (χ4v) is 3.57. The second-order valence-electron chi connectivity index (χ2n) is 7.21. The van der Waals surface area contributed by atoms with Gasteiger partial charge in [-0.3, -0.25) is 34.2 Å². The third-order valence-corrected chi connectivity index (χ3v) is 5.28. The van der Waals surface area contributed by atoms with Crippen molar-refractivity contribution in [2.45, 2.75) is 0 Å². The Morgan fingerprint density at radius 2 is 1.53 bits per heavy atom. The minimum absolute atomic E-state index is 0.136. The quantitative estimate of drug-likeness (QED) is 0.314. The molecule has 170 valence electrons. The number of carbonyl (C=O) groups excluding carboxylic acids is 4. The molecule has 0 aliphatic carbocycles. The average molecular weight is 479 g/mol. The predicted molar refractivity (Wildman–Crippen MR) is 123 cm³/mol. The molecule has 11 heteroatoms. The van der Waals surface area contributed by atoms with E-state index in [0.29, 0.717) is 15.5 Å². The fraction of sp³-hybridized carbons (Fsp3) is 0.0435. The fourth-order valence-electron chi connectivity index (χ4n) is 3.44. The van der Waals surface area contributed by atoms with Crippen LogP contribution < -0.4 is 10.6 Å². The van der Waals surface area contributed by atoms with Gasteiger partial charge >= 0.3 is 0 Å². The van der Waals surface area contributed by atoms with E-state index in [1.165, 1.54) is 18.2 Å². The Hall–Kier alpha value is -4.57. The molecular weight excluding hydrogens is 464 g/mol. The molecule has 1 heterocycles. The molecule has 0 spiro atoms. The number of rotatable bonds is 6. The van der Waals surface area contributed by atoms with Gasteiger partial charge in [-0.15, -0.1) is 0 Å². The first kappa shape index (κ1) is 22.6. The molecule has 1 aliphatic heterocycles. The zero-order valence-corrected chi connectivity index (χ0v) is 18.0. The molecule has 0 saturated carbocycles. The van der Waals surface area contributed by atoms with E-state index in [4.69, 9.17) is 11.6 Å². The van der Waals surface area contributed by atoms with Crippen LogP contribution in [0.25, 0.3) is 0 Å². The van der Waals surface area contributed by atoms with E-state index in [0.717, 1.165) is 6.07 Å². The molecule has 34 heavy (non-hydrogen) atoms. The second-order valence-corrected chi connectivity index (χ2v) is 7.64. The van der Waals surface area contributed by atoms with Crippen molar-refractivity contribution in [1.29, 1.82) is 0 Å². The second kappa shape index (κ2) is 9.12. The van der Waals surface area contributed by atoms with Crippen molar-refractivity contribution in [1.82, 2.24) is 4.90 Å². The molecule has 0 unspecified atom stereocenters. The number of nitrogens with zero attached hydrogens (tertiary/aromatic N) is 2. The largest absolute Gasteiger partial charge is 0.323 e. The molecule has 0 fully saturated rings. The molecule has 10 nitrogen and oxygen atoms in total. The maximum atomic E-state index is 12.7. The smallest absolute Gasteiger partial charge is 0.282 e. The topological polar surface area (TPSA) is 139 Å². The number of carbonyl (C=O) groups is 4. The van der Waals surface area contributed by atoms with E-state index in [1.54, 1.807) is 42.5 Å². The maximum Gasteiger partial charge on any atom is 0.282 e. The Balaban J connectivity index is 1.49. The van der Waals surface area contributed by atoms with Crippen molar-refractivity contribution in [3.05, 3.63) is 98.6 Å². The number of amides is 4. The van der Waals surface area contributed by atoms with Crippen molar-refractivity contribution in [2.24, 2.45) is 0 Å². The molecule has 0 aromatic heterocycles. The van der Waals surface area contributed by atoms with Gasteiger partial charge in [0.2, 0.25) is 5.91 Å². The summed E-state index contributed by atoms with van der Waals surface area (Å²) < 4.78 is 0. The highest BCUT2D eigenvalue weighted by Gasteiger charge is 2.41. The van der Waals surface area contributed by atoms with E-state index in [1.807, 2.05) is 0 Å². The number of anilines is 2. The molecule has 0 bridgehead atoms. The summed E-state index contributed by atoms with van der Waals surface area (Å²) in [4.78, 5) is 61.6. The van der Waals surface area contributed by atoms with Crippen molar-refractivity contribution in [2.75, 3.05) is 17.2 Å². The SMILES string of the molecule is O=C(CN1C(=O)c2cccc([N+](=O)[O-])c2C1=O)Nc1ccccc1NC(=O)c1ccc(Cl)cc1. The first-order chi connectivity index (χ1) is 16.3. The number of nitrogens with one attached hydrogen (secondary N) is 2. The van der Waals surface area contributed by atoms with Gasteiger partial charge in [0.25, 0.3) is 23.4 Å². The van der Waals surface area contributed by atoms with Crippen LogP contribution in [0.3, 0.4) is 0 Å². The molecular formula is C23H15ClN4O6. The summed E-state index contributed by atoms with van der Waals surface area (Å²) in [6.45, 7) is -0.664. The summed E-state index contributed by atoms with van der Waals surface area (Å²) in [5.41, 5.74) is -0.123. The molecule has 1 aliphatic rings. The lowest BCUT2D eigenvalue weighted by molar-refractivity contribution is -0.385. The van der Waals surface area contributed by atoms with Gasteiger partial charge in [0.15, 0.2) is 0 Å². The Kier molecular flexibility index (Phi) is 6.07. The van der Waals surface area contributed by atoms with Gasteiger partial charge in [0.1, 0.15) is 12.1 Å². The monoisotopic (exact) mass is 478 g/mol. The molecule has 3 aromatic carbocycles. The van der Waals surface area contributed by atoms with E-state index in [2.05, 4.69) is 10.6 Å². The molecule has 0 saturated heterocycles. The highest BCUT2D eigenvalue weighted by atomic mass is 35.5. The zero-order chi connectivity index (χ0) is 24.4. The molecule has 2 N–H and O–H groups in total. The van der Waals surface area contributed by atoms with Crippen LogP contribution in [-0.4, -0.2) is 40.0 Å². The summed E-state index contributed by atoms with van der Waals surface area (Å²) in [6, 6.07) is 16.3. The Morgan fingerprint density at radius 1 is 0.882 bits per heavy atom. The third-order valence-electron chi connectivity index (χ3n) is 5.03. The molecule has 0 radical (unpaired) electrons. The van der Waals surface area contributed by atoms with Crippen LogP contribution in [0.2, 0.25) is 5.02 Å². The van der Waals surface area contributed by atoms with Gasteiger partial charge in [-0.1, -0.05) is 29.8 Å². The van der Waals surface area contributed by atoms with E-state index < -0.39 is 40.8 Å². The van der Waals surface area contributed by atoms with Gasteiger partial charge < -0.3 is 10.6 Å². The number of fused-ring (bicyclic) bond motifs is 1. The van der Waals surface area contributed by atoms with Crippen LogP contribution in [0.4, 0.5) is 17.1 Å². The number of halogens is 1. The summed E-state index contributed by atoms with van der Waals surface area (Å²) in [6.07, 6.45) is 0. The minimum atomic E-state index is -0.924. The van der Waals surface area contributed by atoms with Crippen molar-refractivity contribution in [3.8, 4) is 0 Å². The summed E-state index contributed by atoms with van der Waals surface area (Å²) in [5.74, 6) is -2.90. The molecule has 0 atom stereocenters. The zero-order valence-electron chi connectivity index (χ0n) is 17.3. The number of imide groups is 1. The number of benzene rings is 3. The average Bonchev–Trinajstić information content (AvgIpc) is 3.05. The molecule has 4 amide bonds. The maximum absolute atomic E-state index is 12.7. The highest BCUT2D eigenvalue weighted by molar-refractivity contribution is 6.30. The predicted octanol–water partition coefficient (Wildman–Crippen LogP) is 3.74. The van der Waals surface area contributed by atoms with Crippen LogP contribution in [-0.2, 0) is 4.79 Å². The normalized spacial score (nSPS) is 12.3. The van der Waals surface area contributed by atoms with Crippen LogP contribution in [0.15, 0.2) is 66.7 Å². The third kappa shape index (κ3) is 4.34. The van der Waals surface area contributed by atoms with Crippen LogP contribution in [0.1, 0.15) is 31.1 Å². The summed E-state index contributed by atoms with van der Waals surface area (Å²) >= 11 is 5.84. The van der Waals surface area contributed by atoms with E-state index >= 15 is 0 Å². The lowest BCUT2D eigenvalue weighted by atomic mass is 10.1. The van der Waals surface area contributed by atoms with E-state index in [9.17, 15) is 29.3 Å².